The van der Waals surface area contributed by atoms with Gasteiger partial charge in [0, 0.05) is 17.6 Å². The summed E-state index contributed by atoms with van der Waals surface area (Å²) in [5.41, 5.74) is 2.97. The summed E-state index contributed by atoms with van der Waals surface area (Å²) in [7, 11) is 0. The highest BCUT2D eigenvalue weighted by Gasteiger charge is 2.20. The van der Waals surface area contributed by atoms with Crippen LogP contribution in [0, 0.1) is 12.8 Å². The number of rotatable bonds is 5. The Morgan fingerprint density at radius 1 is 1.35 bits per heavy atom. The van der Waals surface area contributed by atoms with Gasteiger partial charge in [-0.1, -0.05) is 32.0 Å². The molecule has 1 aromatic heterocycles. The molecular formula is C16H20N2O2. The molecule has 4 nitrogen and oxygen atoms in total. The van der Waals surface area contributed by atoms with Gasteiger partial charge in [0.2, 0.25) is 0 Å². The number of hydrogen-bond donors (Lipinski definition) is 2. The number of fused-ring (bicyclic) bond motifs is 1. The standard InChI is InChI=1S/C16H20N2O2/c1-10(2)15(16(19)20)17-9-12-8-11(3)18-14-7-5-4-6-13(12)14/h4-8,10,15,17H,9H2,1-3H3,(H,19,20). The maximum Gasteiger partial charge on any atom is 0.320 e. The summed E-state index contributed by atoms with van der Waals surface area (Å²) in [6, 6.07) is 9.39. The van der Waals surface area contributed by atoms with Gasteiger partial charge in [0.15, 0.2) is 0 Å². The molecule has 0 saturated carbocycles. The number of benzene rings is 1. The minimum atomic E-state index is -0.810. The van der Waals surface area contributed by atoms with E-state index in [0.717, 1.165) is 22.2 Å². The van der Waals surface area contributed by atoms with E-state index in [-0.39, 0.29) is 5.92 Å². The van der Waals surface area contributed by atoms with Crippen LogP contribution in [-0.4, -0.2) is 22.1 Å². The average molecular weight is 272 g/mol. The largest absolute Gasteiger partial charge is 0.480 e. The van der Waals surface area contributed by atoms with Crippen molar-refractivity contribution in [3.8, 4) is 0 Å². The second-order valence-corrected chi connectivity index (χ2v) is 5.38. The minimum absolute atomic E-state index is 0.0432. The molecule has 2 aromatic rings. The number of aryl methyl sites for hydroxylation is 1. The van der Waals surface area contributed by atoms with E-state index in [1.165, 1.54) is 0 Å². The highest BCUT2D eigenvalue weighted by atomic mass is 16.4. The molecular weight excluding hydrogens is 252 g/mol. The number of nitrogens with zero attached hydrogens (tertiary/aromatic N) is 1. The molecule has 0 aliphatic heterocycles. The quantitative estimate of drug-likeness (QED) is 0.878. The summed E-state index contributed by atoms with van der Waals surface area (Å²) < 4.78 is 0. The van der Waals surface area contributed by atoms with Crippen LogP contribution in [0.5, 0.6) is 0 Å². The lowest BCUT2D eigenvalue weighted by molar-refractivity contribution is -0.140. The zero-order valence-corrected chi connectivity index (χ0v) is 12.1. The lowest BCUT2D eigenvalue weighted by Crippen LogP contribution is -2.40. The Bertz CT molecular complexity index is 623. The molecule has 106 valence electrons. The van der Waals surface area contributed by atoms with E-state index in [4.69, 9.17) is 0 Å². The summed E-state index contributed by atoms with van der Waals surface area (Å²) in [4.78, 5) is 15.7. The van der Waals surface area contributed by atoms with Gasteiger partial charge in [-0.3, -0.25) is 9.78 Å². The number of hydrogen-bond acceptors (Lipinski definition) is 3. The maximum atomic E-state index is 11.2. The number of para-hydroxylation sites is 1. The first-order chi connectivity index (χ1) is 9.49. The molecule has 1 heterocycles. The number of nitrogens with one attached hydrogen (secondary N) is 1. The molecule has 20 heavy (non-hydrogen) atoms. The number of carboxylic acids is 1. The normalized spacial score (nSPS) is 12.8. The van der Waals surface area contributed by atoms with Gasteiger partial charge < -0.3 is 10.4 Å². The van der Waals surface area contributed by atoms with Crippen LogP contribution in [-0.2, 0) is 11.3 Å². The lowest BCUT2D eigenvalue weighted by Gasteiger charge is -2.18. The number of aromatic nitrogens is 1. The third kappa shape index (κ3) is 3.14. The fraction of sp³-hybridized carbons (Fsp3) is 0.375. The van der Waals surface area contributed by atoms with Crippen molar-refractivity contribution in [2.24, 2.45) is 5.92 Å². The van der Waals surface area contributed by atoms with Gasteiger partial charge in [-0.2, -0.15) is 0 Å². The Labute approximate surface area is 118 Å². The molecule has 0 aliphatic rings. The van der Waals surface area contributed by atoms with Gasteiger partial charge in [0.05, 0.1) is 5.52 Å². The first-order valence-corrected chi connectivity index (χ1v) is 6.80. The van der Waals surface area contributed by atoms with Crippen molar-refractivity contribution in [3.63, 3.8) is 0 Å². The summed E-state index contributed by atoms with van der Waals surface area (Å²) >= 11 is 0. The zero-order chi connectivity index (χ0) is 14.7. The smallest absolute Gasteiger partial charge is 0.320 e. The number of carboxylic acid groups (broad SMARTS) is 1. The molecule has 0 spiro atoms. The maximum absolute atomic E-state index is 11.2. The van der Waals surface area contributed by atoms with Crippen LogP contribution in [0.3, 0.4) is 0 Å². The molecule has 0 aliphatic carbocycles. The minimum Gasteiger partial charge on any atom is -0.480 e. The number of pyridine rings is 1. The lowest BCUT2D eigenvalue weighted by atomic mass is 10.0. The molecule has 0 radical (unpaired) electrons. The van der Waals surface area contributed by atoms with Crippen molar-refractivity contribution in [1.29, 1.82) is 0 Å². The van der Waals surface area contributed by atoms with Crippen molar-refractivity contribution in [2.45, 2.75) is 33.4 Å². The Kier molecular flexibility index (Phi) is 4.35. The fourth-order valence-electron chi connectivity index (χ4n) is 2.37. The number of carbonyl (C=O) groups is 1. The monoisotopic (exact) mass is 272 g/mol. The molecule has 2 N–H and O–H groups in total. The predicted octanol–water partition coefficient (Wildman–Crippen LogP) is 2.74. The molecule has 1 unspecified atom stereocenters. The molecule has 1 aromatic carbocycles. The molecule has 2 rings (SSSR count). The molecule has 0 bridgehead atoms. The van der Waals surface area contributed by atoms with Crippen LogP contribution in [0.4, 0.5) is 0 Å². The van der Waals surface area contributed by atoms with E-state index in [1.807, 2.05) is 51.1 Å². The van der Waals surface area contributed by atoms with E-state index >= 15 is 0 Å². The van der Waals surface area contributed by atoms with E-state index in [9.17, 15) is 9.90 Å². The highest BCUT2D eigenvalue weighted by molar-refractivity contribution is 5.82. The fourth-order valence-corrected chi connectivity index (χ4v) is 2.37. The third-order valence-corrected chi connectivity index (χ3v) is 3.38. The molecule has 0 fully saturated rings. The van der Waals surface area contributed by atoms with Crippen LogP contribution in [0.1, 0.15) is 25.1 Å². The predicted molar refractivity (Wildman–Crippen MR) is 79.6 cm³/mol. The first kappa shape index (κ1) is 14.5. The van der Waals surface area contributed by atoms with Crippen molar-refractivity contribution in [1.82, 2.24) is 10.3 Å². The summed E-state index contributed by atoms with van der Waals surface area (Å²) in [5, 5.41) is 13.4. The Morgan fingerprint density at radius 2 is 2.05 bits per heavy atom. The van der Waals surface area contributed by atoms with Crippen molar-refractivity contribution in [3.05, 3.63) is 41.6 Å². The Morgan fingerprint density at radius 3 is 2.70 bits per heavy atom. The van der Waals surface area contributed by atoms with Crippen LogP contribution in [0.25, 0.3) is 10.9 Å². The second-order valence-electron chi connectivity index (χ2n) is 5.38. The molecule has 0 amide bonds. The summed E-state index contributed by atoms with van der Waals surface area (Å²) in [6.07, 6.45) is 0. The molecule has 0 saturated heterocycles. The van der Waals surface area contributed by atoms with Gasteiger partial charge in [-0.05, 0) is 30.5 Å². The van der Waals surface area contributed by atoms with Gasteiger partial charge in [-0.15, -0.1) is 0 Å². The van der Waals surface area contributed by atoms with Crippen LogP contribution >= 0.6 is 0 Å². The topological polar surface area (TPSA) is 62.2 Å². The third-order valence-electron chi connectivity index (χ3n) is 3.38. The van der Waals surface area contributed by atoms with Crippen LogP contribution < -0.4 is 5.32 Å². The van der Waals surface area contributed by atoms with E-state index < -0.39 is 12.0 Å². The van der Waals surface area contributed by atoms with Gasteiger partial charge in [-0.25, -0.2) is 0 Å². The van der Waals surface area contributed by atoms with Crippen molar-refractivity contribution >= 4 is 16.9 Å². The Hall–Kier alpha value is -1.94. The van der Waals surface area contributed by atoms with Crippen molar-refractivity contribution in [2.75, 3.05) is 0 Å². The van der Waals surface area contributed by atoms with E-state index in [0.29, 0.717) is 6.54 Å². The highest BCUT2D eigenvalue weighted by Crippen LogP contribution is 2.18. The second kappa shape index (κ2) is 6.01. The zero-order valence-electron chi connectivity index (χ0n) is 12.1. The van der Waals surface area contributed by atoms with Gasteiger partial charge in [0.25, 0.3) is 0 Å². The molecule has 4 heteroatoms. The SMILES string of the molecule is Cc1cc(CNC(C(=O)O)C(C)C)c2ccccc2n1. The average Bonchev–Trinajstić information content (AvgIpc) is 2.37. The summed E-state index contributed by atoms with van der Waals surface area (Å²) in [5.74, 6) is -0.767. The van der Waals surface area contributed by atoms with Crippen LogP contribution in [0.2, 0.25) is 0 Å². The summed E-state index contributed by atoms with van der Waals surface area (Å²) in [6.45, 7) is 6.29. The molecule has 1 atom stereocenters. The number of aliphatic carboxylic acids is 1. The van der Waals surface area contributed by atoms with E-state index in [1.54, 1.807) is 0 Å². The van der Waals surface area contributed by atoms with Gasteiger partial charge >= 0.3 is 5.97 Å². The van der Waals surface area contributed by atoms with Crippen molar-refractivity contribution < 1.29 is 9.90 Å². The van der Waals surface area contributed by atoms with E-state index in [2.05, 4.69) is 10.3 Å². The van der Waals surface area contributed by atoms with Gasteiger partial charge in [0.1, 0.15) is 6.04 Å². The Balaban J connectivity index is 2.27. The first-order valence-electron chi connectivity index (χ1n) is 6.80. The van der Waals surface area contributed by atoms with Crippen LogP contribution in [0.15, 0.2) is 30.3 Å².